The summed E-state index contributed by atoms with van der Waals surface area (Å²) in [6.07, 6.45) is 3.56. The van der Waals surface area contributed by atoms with Crippen molar-refractivity contribution in [2.24, 2.45) is 0 Å². The van der Waals surface area contributed by atoms with Crippen LogP contribution in [-0.4, -0.2) is 47.8 Å². The smallest absolute Gasteiger partial charge is 0.251 e. The minimum absolute atomic E-state index is 0.229. The molecule has 8 heteroatoms. The van der Waals surface area contributed by atoms with Crippen LogP contribution in [0.3, 0.4) is 0 Å². The monoisotopic (exact) mass is 454 g/mol. The molecule has 170 valence electrons. The zero-order valence-electron chi connectivity index (χ0n) is 18.7. The van der Waals surface area contributed by atoms with Crippen molar-refractivity contribution in [3.05, 3.63) is 59.4 Å². The fourth-order valence-electron chi connectivity index (χ4n) is 4.28. The molecule has 0 atom stereocenters. The molecular weight excluding hydrogens is 424 g/mol. The van der Waals surface area contributed by atoms with Crippen LogP contribution in [0.2, 0.25) is 0 Å². The molecule has 0 aliphatic carbocycles. The van der Waals surface area contributed by atoms with Crippen molar-refractivity contribution in [2.75, 3.05) is 19.6 Å². The molecule has 1 N–H and O–H groups in total. The highest BCUT2D eigenvalue weighted by molar-refractivity contribution is 7.89. The molecule has 1 aliphatic heterocycles. The van der Waals surface area contributed by atoms with Crippen LogP contribution in [0.15, 0.2) is 47.4 Å². The van der Waals surface area contributed by atoms with E-state index in [-0.39, 0.29) is 10.8 Å². The Morgan fingerprint density at radius 3 is 2.59 bits per heavy atom. The number of para-hydroxylation sites is 2. The molecule has 1 amide bonds. The van der Waals surface area contributed by atoms with Gasteiger partial charge in [-0.1, -0.05) is 24.6 Å². The van der Waals surface area contributed by atoms with Gasteiger partial charge in [-0.25, -0.2) is 13.4 Å². The summed E-state index contributed by atoms with van der Waals surface area (Å²) in [4.78, 5) is 17.5. The Labute approximate surface area is 189 Å². The molecular formula is C24H30N4O3S. The average Bonchev–Trinajstić information content (AvgIpc) is 3.12. The normalized spacial score (nSPS) is 15.2. The summed E-state index contributed by atoms with van der Waals surface area (Å²) >= 11 is 0. The summed E-state index contributed by atoms with van der Waals surface area (Å²) in [5, 5.41) is 2.93. The van der Waals surface area contributed by atoms with Gasteiger partial charge in [-0.15, -0.1) is 0 Å². The zero-order valence-corrected chi connectivity index (χ0v) is 19.5. The fourth-order valence-corrected chi connectivity index (χ4v) is 6.05. The molecule has 1 aliphatic rings. The Kier molecular flexibility index (Phi) is 6.62. The number of rotatable bonds is 7. The summed E-state index contributed by atoms with van der Waals surface area (Å²) in [5.41, 5.74) is 3.09. The summed E-state index contributed by atoms with van der Waals surface area (Å²) in [6.45, 7) is 6.08. The number of piperidine rings is 1. The van der Waals surface area contributed by atoms with Gasteiger partial charge < -0.3 is 9.88 Å². The molecule has 7 nitrogen and oxygen atoms in total. The zero-order chi connectivity index (χ0) is 22.7. The first-order valence-corrected chi connectivity index (χ1v) is 12.6. The van der Waals surface area contributed by atoms with Crippen LogP contribution in [0.4, 0.5) is 0 Å². The van der Waals surface area contributed by atoms with Crippen molar-refractivity contribution in [1.29, 1.82) is 0 Å². The number of fused-ring (bicyclic) bond motifs is 1. The summed E-state index contributed by atoms with van der Waals surface area (Å²) < 4.78 is 29.9. The second kappa shape index (κ2) is 9.42. The molecule has 0 spiro atoms. The van der Waals surface area contributed by atoms with Crippen molar-refractivity contribution in [1.82, 2.24) is 19.2 Å². The standard InChI is InChI=1S/C24H30N4O3S/c1-18-11-12-20(17-23(18)32(30,31)27-14-6-3-7-15-27)24(29)25-13-8-16-28-19(2)26-21-9-4-5-10-22(21)28/h4-5,9-12,17H,3,6-8,13-16H2,1-2H3,(H,25,29). The lowest BCUT2D eigenvalue weighted by molar-refractivity contribution is 0.0952. The first kappa shape index (κ1) is 22.5. The van der Waals surface area contributed by atoms with Crippen molar-refractivity contribution >= 4 is 27.0 Å². The number of aryl methyl sites for hydroxylation is 3. The summed E-state index contributed by atoms with van der Waals surface area (Å²) in [7, 11) is -3.59. The molecule has 3 aromatic rings. The minimum Gasteiger partial charge on any atom is -0.352 e. The maximum Gasteiger partial charge on any atom is 0.251 e. The Morgan fingerprint density at radius 1 is 1.06 bits per heavy atom. The molecule has 0 bridgehead atoms. The van der Waals surface area contributed by atoms with Gasteiger partial charge in [0.2, 0.25) is 10.0 Å². The Hall–Kier alpha value is -2.71. The molecule has 2 heterocycles. The SMILES string of the molecule is Cc1ccc(C(=O)NCCCn2c(C)nc3ccccc32)cc1S(=O)(=O)N1CCCCC1. The minimum atomic E-state index is -3.59. The number of carbonyl (C=O) groups is 1. The lowest BCUT2D eigenvalue weighted by atomic mass is 10.1. The number of hydrogen-bond donors (Lipinski definition) is 1. The van der Waals surface area contributed by atoms with Crippen molar-refractivity contribution in [3.63, 3.8) is 0 Å². The molecule has 32 heavy (non-hydrogen) atoms. The van der Waals surface area contributed by atoms with Crippen LogP contribution < -0.4 is 5.32 Å². The number of nitrogens with one attached hydrogen (secondary N) is 1. The third-order valence-electron chi connectivity index (χ3n) is 6.07. The van der Waals surface area contributed by atoms with Gasteiger partial charge in [-0.2, -0.15) is 4.31 Å². The van der Waals surface area contributed by atoms with E-state index in [9.17, 15) is 13.2 Å². The highest BCUT2D eigenvalue weighted by atomic mass is 32.2. The van der Waals surface area contributed by atoms with Gasteiger partial charge in [-0.05, 0) is 62.9 Å². The lowest BCUT2D eigenvalue weighted by Crippen LogP contribution is -2.36. The molecule has 0 saturated carbocycles. The second-order valence-corrected chi connectivity index (χ2v) is 10.3. The largest absolute Gasteiger partial charge is 0.352 e. The maximum absolute atomic E-state index is 13.1. The number of carbonyl (C=O) groups excluding carboxylic acids is 1. The lowest BCUT2D eigenvalue weighted by Gasteiger charge is -2.26. The van der Waals surface area contributed by atoms with Crippen LogP contribution in [0.5, 0.6) is 0 Å². The predicted octanol–water partition coefficient (Wildman–Crippen LogP) is 3.65. The number of amides is 1. The third kappa shape index (κ3) is 4.56. The van der Waals surface area contributed by atoms with Crippen LogP contribution in [-0.2, 0) is 16.6 Å². The van der Waals surface area contributed by atoms with Gasteiger partial charge in [-0.3, -0.25) is 4.79 Å². The number of hydrogen-bond acceptors (Lipinski definition) is 4. The van der Waals surface area contributed by atoms with E-state index >= 15 is 0 Å². The highest BCUT2D eigenvalue weighted by Crippen LogP contribution is 2.24. The Balaban J connectivity index is 1.40. The third-order valence-corrected chi connectivity index (χ3v) is 8.11. The van der Waals surface area contributed by atoms with E-state index in [2.05, 4.69) is 14.9 Å². The van der Waals surface area contributed by atoms with Crippen LogP contribution in [0.1, 0.15) is 47.4 Å². The highest BCUT2D eigenvalue weighted by Gasteiger charge is 2.28. The first-order chi connectivity index (χ1) is 15.4. The molecule has 1 aromatic heterocycles. The van der Waals surface area contributed by atoms with Gasteiger partial charge in [0.15, 0.2) is 0 Å². The second-order valence-electron chi connectivity index (χ2n) is 8.35. The van der Waals surface area contributed by atoms with Crippen molar-refractivity contribution in [2.45, 2.75) is 51.0 Å². The molecule has 4 rings (SSSR count). The van der Waals surface area contributed by atoms with Gasteiger partial charge in [0.25, 0.3) is 5.91 Å². The van der Waals surface area contributed by atoms with E-state index in [0.29, 0.717) is 30.8 Å². The quantitative estimate of drug-likeness (QED) is 0.553. The van der Waals surface area contributed by atoms with Crippen molar-refractivity contribution < 1.29 is 13.2 Å². The van der Waals surface area contributed by atoms with E-state index < -0.39 is 10.0 Å². The average molecular weight is 455 g/mol. The Morgan fingerprint density at radius 2 is 1.81 bits per heavy atom. The first-order valence-electron chi connectivity index (χ1n) is 11.2. The van der Waals surface area contributed by atoms with E-state index in [1.165, 1.54) is 10.4 Å². The van der Waals surface area contributed by atoms with Crippen LogP contribution >= 0.6 is 0 Å². The maximum atomic E-state index is 13.1. The molecule has 0 radical (unpaired) electrons. The van der Waals surface area contributed by atoms with Gasteiger partial charge in [0.05, 0.1) is 15.9 Å². The van der Waals surface area contributed by atoms with Crippen molar-refractivity contribution in [3.8, 4) is 0 Å². The number of imidazole rings is 1. The Bertz CT molecular complexity index is 1230. The number of nitrogens with zero attached hydrogens (tertiary/aromatic N) is 3. The van der Waals surface area contributed by atoms with E-state index in [0.717, 1.165) is 49.1 Å². The molecule has 0 unspecified atom stereocenters. The van der Waals surface area contributed by atoms with Gasteiger partial charge in [0.1, 0.15) is 5.82 Å². The van der Waals surface area contributed by atoms with E-state index in [4.69, 9.17) is 0 Å². The van der Waals surface area contributed by atoms with Gasteiger partial charge >= 0.3 is 0 Å². The van der Waals surface area contributed by atoms with E-state index in [1.54, 1.807) is 19.1 Å². The van der Waals surface area contributed by atoms with Crippen LogP contribution in [0, 0.1) is 13.8 Å². The fraction of sp³-hybridized carbons (Fsp3) is 0.417. The summed E-state index contributed by atoms with van der Waals surface area (Å²) in [5.74, 6) is 0.691. The van der Waals surface area contributed by atoms with Gasteiger partial charge in [0, 0.05) is 31.7 Å². The van der Waals surface area contributed by atoms with Crippen LogP contribution in [0.25, 0.3) is 11.0 Å². The number of sulfonamides is 1. The predicted molar refractivity (Wildman–Crippen MR) is 125 cm³/mol. The number of aromatic nitrogens is 2. The topological polar surface area (TPSA) is 84.3 Å². The molecule has 1 saturated heterocycles. The molecule has 1 fully saturated rings. The van der Waals surface area contributed by atoms with E-state index in [1.807, 2.05) is 31.2 Å². The molecule has 2 aromatic carbocycles. The summed E-state index contributed by atoms with van der Waals surface area (Å²) in [6, 6.07) is 12.9. The number of benzene rings is 2.